The molecule has 1 aromatic carbocycles. The number of ether oxygens (including phenoxy) is 2. The van der Waals surface area contributed by atoms with Crippen molar-refractivity contribution in [3.63, 3.8) is 0 Å². The number of methoxy groups -OCH3 is 1. The maximum atomic E-state index is 11.3. The van der Waals surface area contributed by atoms with Gasteiger partial charge in [-0.05, 0) is 54.0 Å². The number of rotatable bonds is 8. The van der Waals surface area contributed by atoms with E-state index in [1.165, 1.54) is 24.7 Å². The predicted octanol–water partition coefficient (Wildman–Crippen LogP) is 3.06. The highest BCUT2D eigenvalue weighted by molar-refractivity contribution is 7.10. The molecule has 1 aliphatic rings. The highest BCUT2D eigenvalue weighted by Gasteiger charge is 2.16. The van der Waals surface area contributed by atoms with Gasteiger partial charge in [-0.15, -0.1) is 11.3 Å². The van der Waals surface area contributed by atoms with Crippen LogP contribution in [0.2, 0.25) is 0 Å². The van der Waals surface area contributed by atoms with E-state index in [1.807, 2.05) is 25.2 Å². The first-order valence-corrected chi connectivity index (χ1v) is 10.2. The first kappa shape index (κ1) is 19.9. The lowest BCUT2D eigenvalue weighted by atomic mass is 10.1. The molecule has 0 saturated carbocycles. The number of benzene rings is 1. The largest absolute Gasteiger partial charge is 0.481 e. The normalized spacial score (nSPS) is 14.0. The number of esters is 1. The zero-order chi connectivity index (χ0) is 19.2. The second-order valence-electron chi connectivity index (χ2n) is 7.00. The Kier molecular flexibility index (Phi) is 6.88. The van der Waals surface area contributed by atoms with Gasteiger partial charge in [0.1, 0.15) is 5.75 Å². The molecule has 146 valence electrons. The van der Waals surface area contributed by atoms with Gasteiger partial charge in [-0.1, -0.05) is 12.1 Å². The second-order valence-corrected chi connectivity index (χ2v) is 8.00. The van der Waals surface area contributed by atoms with E-state index in [4.69, 9.17) is 4.74 Å². The summed E-state index contributed by atoms with van der Waals surface area (Å²) >= 11 is 1.88. The fraction of sp³-hybridized carbons (Fsp3) is 0.476. The molecule has 6 heteroatoms. The Morgan fingerprint density at radius 1 is 1.30 bits per heavy atom. The number of fused-ring (bicyclic) bond motifs is 1. The molecule has 3 rings (SSSR count). The molecule has 0 atom stereocenters. The molecule has 2 heterocycles. The van der Waals surface area contributed by atoms with Gasteiger partial charge in [0, 0.05) is 37.6 Å². The number of carbonyl (C=O) groups excluding carboxylic acids is 1. The van der Waals surface area contributed by atoms with Crippen LogP contribution in [-0.2, 0) is 29.0 Å². The molecule has 27 heavy (non-hydrogen) atoms. The second kappa shape index (κ2) is 9.35. The quantitative estimate of drug-likeness (QED) is 0.556. The molecular formula is C21H28N2O3S. The molecule has 0 bridgehead atoms. The van der Waals surface area contributed by atoms with Crippen LogP contribution in [0.25, 0.3) is 0 Å². The van der Waals surface area contributed by atoms with E-state index >= 15 is 0 Å². The maximum Gasteiger partial charge on any atom is 0.343 e. The minimum absolute atomic E-state index is 0.0581. The topological polar surface area (TPSA) is 50.8 Å². The van der Waals surface area contributed by atoms with Gasteiger partial charge in [0.2, 0.25) is 0 Å². The number of nitrogens with zero attached hydrogens (tertiary/aromatic N) is 1. The Morgan fingerprint density at radius 3 is 2.81 bits per heavy atom. The number of hydrogen-bond donors (Lipinski definition) is 1. The third-order valence-corrected chi connectivity index (χ3v) is 5.93. The van der Waals surface area contributed by atoms with Crippen molar-refractivity contribution >= 4 is 17.3 Å². The third kappa shape index (κ3) is 5.31. The molecular weight excluding hydrogens is 360 g/mol. The Bertz CT molecular complexity index is 764. The Labute approximate surface area is 165 Å². The van der Waals surface area contributed by atoms with Gasteiger partial charge in [0.15, 0.2) is 6.61 Å². The van der Waals surface area contributed by atoms with Crippen LogP contribution in [0.1, 0.15) is 27.1 Å². The standard InChI is InChI=1S/C21H28N2O3S/c1-15-10-17(11-16(2)21(15)26-14-20(24)25-3)12-22-6-8-23-7-4-19-18(13-23)5-9-27-19/h5,9-11,22H,4,6-8,12-14H2,1-3H3. The summed E-state index contributed by atoms with van der Waals surface area (Å²) in [4.78, 5) is 15.3. The van der Waals surface area contributed by atoms with Crippen molar-refractivity contribution < 1.29 is 14.3 Å². The fourth-order valence-electron chi connectivity index (χ4n) is 3.53. The molecule has 0 radical (unpaired) electrons. The molecule has 0 saturated heterocycles. The van der Waals surface area contributed by atoms with E-state index < -0.39 is 0 Å². The average molecular weight is 389 g/mol. The molecule has 5 nitrogen and oxygen atoms in total. The van der Waals surface area contributed by atoms with Gasteiger partial charge in [0.25, 0.3) is 0 Å². The summed E-state index contributed by atoms with van der Waals surface area (Å²) in [7, 11) is 1.36. The monoisotopic (exact) mass is 388 g/mol. The van der Waals surface area contributed by atoms with Crippen molar-refractivity contribution in [2.24, 2.45) is 0 Å². The van der Waals surface area contributed by atoms with Crippen molar-refractivity contribution in [1.29, 1.82) is 0 Å². The van der Waals surface area contributed by atoms with Crippen molar-refractivity contribution in [3.8, 4) is 5.75 Å². The first-order chi connectivity index (χ1) is 13.1. The van der Waals surface area contributed by atoms with Crippen molar-refractivity contribution in [2.75, 3.05) is 33.4 Å². The molecule has 0 spiro atoms. The van der Waals surface area contributed by atoms with Gasteiger partial charge in [-0.2, -0.15) is 0 Å². The third-order valence-electron chi connectivity index (χ3n) is 4.90. The average Bonchev–Trinajstić information content (AvgIpc) is 3.12. The lowest BCUT2D eigenvalue weighted by molar-refractivity contribution is -0.142. The van der Waals surface area contributed by atoms with E-state index in [0.29, 0.717) is 0 Å². The Morgan fingerprint density at radius 2 is 2.07 bits per heavy atom. The van der Waals surface area contributed by atoms with Crippen LogP contribution >= 0.6 is 11.3 Å². The number of hydrogen-bond acceptors (Lipinski definition) is 6. The number of aryl methyl sites for hydroxylation is 2. The van der Waals surface area contributed by atoms with E-state index in [0.717, 1.165) is 49.6 Å². The summed E-state index contributed by atoms with van der Waals surface area (Å²) in [6.07, 6.45) is 1.18. The van der Waals surface area contributed by atoms with Crippen LogP contribution in [-0.4, -0.2) is 44.2 Å². The zero-order valence-corrected chi connectivity index (χ0v) is 17.2. The fourth-order valence-corrected chi connectivity index (χ4v) is 4.42. The van der Waals surface area contributed by atoms with Gasteiger partial charge in [-0.25, -0.2) is 4.79 Å². The van der Waals surface area contributed by atoms with E-state index in [9.17, 15) is 4.79 Å². The molecule has 0 fully saturated rings. The lowest BCUT2D eigenvalue weighted by Gasteiger charge is -2.26. The lowest BCUT2D eigenvalue weighted by Crippen LogP contribution is -2.35. The van der Waals surface area contributed by atoms with Crippen molar-refractivity contribution in [3.05, 3.63) is 50.7 Å². The number of nitrogens with one attached hydrogen (secondary N) is 1. The summed E-state index contributed by atoms with van der Waals surface area (Å²) < 4.78 is 10.2. The smallest absolute Gasteiger partial charge is 0.343 e. The van der Waals surface area contributed by atoms with E-state index in [-0.39, 0.29) is 12.6 Å². The van der Waals surface area contributed by atoms with Crippen LogP contribution in [0, 0.1) is 13.8 Å². The molecule has 1 aliphatic heterocycles. The molecule has 0 aliphatic carbocycles. The number of thiophene rings is 1. The SMILES string of the molecule is COC(=O)COc1c(C)cc(CNCCN2CCc3sccc3C2)cc1C. The molecule has 2 aromatic rings. The van der Waals surface area contributed by atoms with Gasteiger partial charge in [0.05, 0.1) is 7.11 Å². The summed E-state index contributed by atoms with van der Waals surface area (Å²) in [5.74, 6) is 0.399. The first-order valence-electron chi connectivity index (χ1n) is 9.35. The van der Waals surface area contributed by atoms with Crippen LogP contribution in [0.3, 0.4) is 0 Å². The Balaban J connectivity index is 1.45. The number of carbonyl (C=O) groups is 1. The van der Waals surface area contributed by atoms with Gasteiger partial charge < -0.3 is 14.8 Å². The summed E-state index contributed by atoms with van der Waals surface area (Å²) in [5.41, 5.74) is 4.81. The minimum atomic E-state index is -0.369. The predicted molar refractivity (Wildman–Crippen MR) is 108 cm³/mol. The van der Waals surface area contributed by atoms with Crippen LogP contribution in [0.15, 0.2) is 23.6 Å². The molecule has 1 aromatic heterocycles. The molecule has 0 unspecified atom stereocenters. The minimum Gasteiger partial charge on any atom is -0.481 e. The van der Waals surface area contributed by atoms with E-state index in [2.05, 4.69) is 38.5 Å². The highest BCUT2D eigenvalue weighted by atomic mass is 32.1. The Hall–Kier alpha value is -1.89. The molecule has 0 amide bonds. The highest BCUT2D eigenvalue weighted by Crippen LogP contribution is 2.25. The van der Waals surface area contributed by atoms with Gasteiger partial charge >= 0.3 is 5.97 Å². The zero-order valence-electron chi connectivity index (χ0n) is 16.3. The molecule has 1 N–H and O–H groups in total. The summed E-state index contributed by atoms with van der Waals surface area (Å²) in [5, 5.41) is 5.75. The summed E-state index contributed by atoms with van der Waals surface area (Å²) in [6, 6.07) is 6.49. The van der Waals surface area contributed by atoms with E-state index in [1.54, 1.807) is 4.88 Å². The van der Waals surface area contributed by atoms with Crippen LogP contribution < -0.4 is 10.1 Å². The van der Waals surface area contributed by atoms with Crippen molar-refractivity contribution in [2.45, 2.75) is 33.4 Å². The van der Waals surface area contributed by atoms with Crippen LogP contribution in [0.4, 0.5) is 0 Å². The van der Waals surface area contributed by atoms with Crippen molar-refractivity contribution in [1.82, 2.24) is 10.2 Å². The van der Waals surface area contributed by atoms with Gasteiger partial charge in [-0.3, -0.25) is 4.90 Å². The van der Waals surface area contributed by atoms with Crippen LogP contribution in [0.5, 0.6) is 5.75 Å². The summed E-state index contributed by atoms with van der Waals surface area (Å²) in [6.45, 7) is 9.05. The maximum absolute atomic E-state index is 11.3.